The molecule has 0 atom stereocenters. The molecule has 2 heterocycles. The fourth-order valence-corrected chi connectivity index (χ4v) is 2.96. The standard InChI is InChI=1S/C21H16F2N2.C5H12.3C2H6/c1-3-14(4-2)16-9-17(13-24-12-16)15-7-8-25-21(10-15)19-11-18(22)5-6-20(19)23;1-3-5-4-2;3*1-2/h3-13H,1H2,2H3;3-5H2,1-2H3;3*1-2H3/b14-4+;;;;. The Kier molecular flexibility index (Phi) is 21.7. The van der Waals surface area contributed by atoms with Gasteiger partial charge >= 0.3 is 0 Å². The second-order valence-electron chi connectivity index (χ2n) is 6.82. The first kappa shape index (κ1) is 35.0. The first-order valence-electron chi connectivity index (χ1n) is 13.2. The zero-order chi connectivity index (χ0) is 27.9. The first-order valence-corrected chi connectivity index (χ1v) is 13.2. The number of halogens is 2. The molecule has 0 aliphatic heterocycles. The third-order valence-corrected chi connectivity index (χ3v) is 4.61. The Morgan fingerprint density at radius 3 is 2.03 bits per heavy atom. The lowest BCUT2D eigenvalue weighted by atomic mass is 10.0. The van der Waals surface area contributed by atoms with Crippen molar-refractivity contribution in [3.05, 3.63) is 90.9 Å². The largest absolute Gasteiger partial charge is 0.263 e. The van der Waals surface area contributed by atoms with Crippen LogP contribution in [0.15, 0.2) is 73.7 Å². The molecule has 2 nitrogen and oxygen atoms in total. The summed E-state index contributed by atoms with van der Waals surface area (Å²) in [4.78, 5) is 8.44. The summed E-state index contributed by atoms with van der Waals surface area (Å²) in [5.74, 6) is -1.02. The van der Waals surface area contributed by atoms with Crippen molar-refractivity contribution in [3.8, 4) is 22.4 Å². The molecule has 2 aromatic heterocycles. The number of aromatic nitrogens is 2. The van der Waals surface area contributed by atoms with Gasteiger partial charge in [-0.05, 0) is 54.5 Å². The third-order valence-electron chi connectivity index (χ3n) is 4.61. The van der Waals surface area contributed by atoms with Gasteiger partial charge in [-0.1, -0.05) is 93.4 Å². The second-order valence-corrected chi connectivity index (χ2v) is 6.82. The van der Waals surface area contributed by atoms with Crippen molar-refractivity contribution in [3.63, 3.8) is 0 Å². The van der Waals surface area contributed by atoms with Crippen LogP contribution in [0.3, 0.4) is 0 Å². The Bertz CT molecular complexity index is 1010. The van der Waals surface area contributed by atoms with E-state index in [1.807, 2.05) is 66.7 Å². The minimum absolute atomic E-state index is 0.131. The Balaban J connectivity index is 0. The molecule has 3 rings (SSSR count). The minimum atomic E-state index is -0.513. The van der Waals surface area contributed by atoms with Gasteiger partial charge in [0.1, 0.15) is 11.6 Å². The summed E-state index contributed by atoms with van der Waals surface area (Å²) in [5, 5.41) is 0. The first-order chi connectivity index (χ1) is 17.5. The molecule has 0 radical (unpaired) electrons. The molecule has 0 fully saturated rings. The van der Waals surface area contributed by atoms with Gasteiger partial charge in [-0.15, -0.1) is 0 Å². The molecule has 0 saturated heterocycles. The summed E-state index contributed by atoms with van der Waals surface area (Å²) in [5.41, 5.74) is 4.09. The van der Waals surface area contributed by atoms with Gasteiger partial charge in [0.05, 0.1) is 5.69 Å². The molecule has 0 bridgehead atoms. The van der Waals surface area contributed by atoms with Crippen LogP contribution in [-0.2, 0) is 0 Å². The Morgan fingerprint density at radius 1 is 0.861 bits per heavy atom. The van der Waals surface area contributed by atoms with E-state index in [2.05, 4.69) is 30.4 Å². The van der Waals surface area contributed by atoms with Gasteiger partial charge in [-0.25, -0.2) is 8.78 Å². The summed E-state index contributed by atoms with van der Waals surface area (Å²) < 4.78 is 27.5. The van der Waals surface area contributed by atoms with Crippen LogP contribution in [0, 0.1) is 11.6 Å². The molecule has 0 spiro atoms. The van der Waals surface area contributed by atoms with Crippen molar-refractivity contribution in [2.45, 2.75) is 81.6 Å². The van der Waals surface area contributed by atoms with Crippen LogP contribution in [0.1, 0.15) is 87.1 Å². The molecule has 3 aromatic rings. The lowest BCUT2D eigenvalue weighted by Crippen LogP contribution is -1.91. The highest BCUT2D eigenvalue weighted by atomic mass is 19.1. The molecule has 0 saturated carbocycles. The van der Waals surface area contributed by atoms with Crippen LogP contribution in [0.2, 0.25) is 0 Å². The lowest BCUT2D eigenvalue weighted by molar-refractivity contribution is 0.602. The van der Waals surface area contributed by atoms with Crippen molar-refractivity contribution in [1.29, 1.82) is 0 Å². The van der Waals surface area contributed by atoms with Crippen LogP contribution in [-0.4, -0.2) is 9.97 Å². The SMILES string of the molecule is C=C/C(=C\C)c1cncc(-c2ccnc(-c3cc(F)ccc3F)c2)c1.CC.CC.CC.CCCCC. The number of unbranched alkanes of at least 4 members (excludes halogenated alkanes) is 2. The molecule has 198 valence electrons. The van der Waals surface area contributed by atoms with Gasteiger partial charge in [0, 0.05) is 35.3 Å². The average molecular weight is 497 g/mol. The fourth-order valence-electron chi connectivity index (χ4n) is 2.96. The maximum absolute atomic E-state index is 14.0. The van der Waals surface area contributed by atoms with Crippen LogP contribution < -0.4 is 0 Å². The molecule has 4 heteroatoms. The van der Waals surface area contributed by atoms with Crippen molar-refractivity contribution < 1.29 is 8.78 Å². The Labute approximate surface area is 219 Å². The van der Waals surface area contributed by atoms with E-state index >= 15 is 0 Å². The molecule has 0 N–H and O–H groups in total. The summed E-state index contributed by atoms with van der Waals surface area (Å²) in [6.07, 6.45) is 12.9. The fraction of sp³-hybridized carbons (Fsp3) is 0.375. The molecule has 0 amide bonds. The van der Waals surface area contributed by atoms with Crippen molar-refractivity contribution in [2.75, 3.05) is 0 Å². The highest BCUT2D eigenvalue weighted by Crippen LogP contribution is 2.28. The van der Waals surface area contributed by atoms with E-state index < -0.39 is 11.6 Å². The normalized spacial score (nSPS) is 9.58. The van der Waals surface area contributed by atoms with Crippen molar-refractivity contribution in [1.82, 2.24) is 9.97 Å². The maximum Gasteiger partial charge on any atom is 0.132 e. The lowest BCUT2D eigenvalue weighted by Gasteiger charge is -2.08. The molecule has 0 unspecified atom stereocenters. The van der Waals surface area contributed by atoms with E-state index in [1.54, 1.807) is 30.7 Å². The predicted octanol–water partition coefficient (Wildman–Crippen LogP) is 11.0. The molecule has 0 aliphatic rings. The number of hydrogen-bond acceptors (Lipinski definition) is 2. The van der Waals surface area contributed by atoms with E-state index in [1.165, 1.54) is 19.3 Å². The number of hydrogen-bond donors (Lipinski definition) is 0. The summed E-state index contributed by atoms with van der Waals surface area (Å²) in [6.45, 7) is 22.2. The quantitative estimate of drug-likeness (QED) is 0.317. The van der Waals surface area contributed by atoms with E-state index in [0.29, 0.717) is 5.69 Å². The van der Waals surface area contributed by atoms with E-state index in [0.717, 1.165) is 40.5 Å². The van der Waals surface area contributed by atoms with Crippen LogP contribution >= 0.6 is 0 Å². The van der Waals surface area contributed by atoms with Crippen LogP contribution in [0.4, 0.5) is 8.78 Å². The molecule has 36 heavy (non-hydrogen) atoms. The molecular formula is C32H46F2N2. The number of rotatable bonds is 6. The van der Waals surface area contributed by atoms with Crippen molar-refractivity contribution in [2.24, 2.45) is 0 Å². The average Bonchev–Trinajstić information content (AvgIpc) is 2.95. The third kappa shape index (κ3) is 12.0. The van der Waals surface area contributed by atoms with E-state index in [4.69, 9.17) is 0 Å². The molecule has 1 aromatic carbocycles. The summed E-state index contributed by atoms with van der Waals surface area (Å²) >= 11 is 0. The Hall–Kier alpha value is -3.14. The van der Waals surface area contributed by atoms with E-state index in [-0.39, 0.29) is 5.56 Å². The number of benzene rings is 1. The maximum atomic E-state index is 14.0. The summed E-state index contributed by atoms with van der Waals surface area (Å²) in [6, 6.07) is 8.84. The molecular weight excluding hydrogens is 450 g/mol. The summed E-state index contributed by atoms with van der Waals surface area (Å²) in [7, 11) is 0. The highest BCUT2D eigenvalue weighted by Gasteiger charge is 2.10. The zero-order valence-electron chi connectivity index (χ0n) is 23.8. The topological polar surface area (TPSA) is 25.8 Å². The number of pyridine rings is 2. The van der Waals surface area contributed by atoms with Crippen molar-refractivity contribution >= 4 is 5.57 Å². The smallest absolute Gasteiger partial charge is 0.132 e. The number of nitrogens with zero attached hydrogens (tertiary/aromatic N) is 2. The van der Waals surface area contributed by atoms with Gasteiger partial charge in [-0.3, -0.25) is 9.97 Å². The van der Waals surface area contributed by atoms with E-state index in [9.17, 15) is 8.78 Å². The van der Waals surface area contributed by atoms with Gasteiger partial charge in [-0.2, -0.15) is 0 Å². The highest BCUT2D eigenvalue weighted by molar-refractivity contribution is 5.77. The second kappa shape index (κ2) is 22.3. The van der Waals surface area contributed by atoms with Gasteiger partial charge in [0.25, 0.3) is 0 Å². The van der Waals surface area contributed by atoms with Gasteiger partial charge < -0.3 is 0 Å². The Morgan fingerprint density at radius 2 is 1.50 bits per heavy atom. The minimum Gasteiger partial charge on any atom is -0.263 e. The predicted molar refractivity (Wildman–Crippen MR) is 156 cm³/mol. The number of allylic oxidation sites excluding steroid dienone is 3. The van der Waals surface area contributed by atoms with Crippen LogP contribution in [0.25, 0.3) is 28.0 Å². The van der Waals surface area contributed by atoms with Gasteiger partial charge in [0.2, 0.25) is 0 Å². The monoisotopic (exact) mass is 496 g/mol. The van der Waals surface area contributed by atoms with Gasteiger partial charge in [0.15, 0.2) is 0 Å². The zero-order valence-corrected chi connectivity index (χ0v) is 23.8. The molecule has 0 aliphatic carbocycles. The van der Waals surface area contributed by atoms with Crippen LogP contribution in [0.5, 0.6) is 0 Å².